The standard InChI is InChI=1S/C16H24BrFN2/c1-16(2)6-3-8-20(9-7-16)15(11-19)13-10-12(17)4-5-14(13)18/h4-5,10,15H,3,6-9,11,19H2,1-2H3. The number of hydrogen-bond acceptors (Lipinski definition) is 2. The first-order valence-corrected chi connectivity index (χ1v) is 8.11. The highest BCUT2D eigenvalue weighted by Crippen LogP contribution is 2.34. The normalized spacial score (nSPS) is 21.4. The zero-order valence-corrected chi connectivity index (χ0v) is 13.9. The van der Waals surface area contributed by atoms with Gasteiger partial charge < -0.3 is 5.73 Å². The highest BCUT2D eigenvalue weighted by Gasteiger charge is 2.28. The van der Waals surface area contributed by atoms with Gasteiger partial charge in [0, 0.05) is 22.6 Å². The second-order valence-electron chi connectivity index (χ2n) is 6.47. The molecule has 1 fully saturated rings. The van der Waals surface area contributed by atoms with Crippen molar-refractivity contribution in [2.45, 2.75) is 39.2 Å². The molecule has 1 unspecified atom stereocenters. The highest BCUT2D eigenvalue weighted by atomic mass is 79.9. The maximum atomic E-state index is 14.1. The molecule has 1 heterocycles. The number of hydrogen-bond donors (Lipinski definition) is 1. The summed E-state index contributed by atoms with van der Waals surface area (Å²) in [7, 11) is 0. The van der Waals surface area contributed by atoms with Crippen molar-refractivity contribution in [3.8, 4) is 0 Å². The molecule has 1 saturated heterocycles. The molecular weight excluding hydrogens is 319 g/mol. The van der Waals surface area contributed by atoms with E-state index in [0.29, 0.717) is 17.5 Å². The summed E-state index contributed by atoms with van der Waals surface area (Å²) in [5.41, 5.74) is 7.04. The van der Waals surface area contributed by atoms with E-state index < -0.39 is 0 Å². The van der Waals surface area contributed by atoms with E-state index in [2.05, 4.69) is 34.7 Å². The van der Waals surface area contributed by atoms with Gasteiger partial charge in [-0.2, -0.15) is 0 Å². The quantitative estimate of drug-likeness (QED) is 0.895. The summed E-state index contributed by atoms with van der Waals surface area (Å²) >= 11 is 3.43. The first-order valence-electron chi connectivity index (χ1n) is 7.32. The van der Waals surface area contributed by atoms with Gasteiger partial charge in [0.25, 0.3) is 0 Å². The maximum absolute atomic E-state index is 14.1. The molecule has 20 heavy (non-hydrogen) atoms. The van der Waals surface area contributed by atoms with Crippen LogP contribution in [0, 0.1) is 11.2 Å². The minimum Gasteiger partial charge on any atom is -0.329 e. The van der Waals surface area contributed by atoms with E-state index in [1.807, 2.05) is 6.07 Å². The maximum Gasteiger partial charge on any atom is 0.128 e. The summed E-state index contributed by atoms with van der Waals surface area (Å²) in [4.78, 5) is 2.35. The van der Waals surface area contributed by atoms with Crippen molar-refractivity contribution in [3.63, 3.8) is 0 Å². The predicted molar refractivity (Wildman–Crippen MR) is 85.1 cm³/mol. The first-order chi connectivity index (χ1) is 9.43. The van der Waals surface area contributed by atoms with Gasteiger partial charge in [0.15, 0.2) is 0 Å². The summed E-state index contributed by atoms with van der Waals surface area (Å²) in [6, 6.07) is 5.09. The summed E-state index contributed by atoms with van der Waals surface area (Å²) < 4.78 is 15.0. The molecule has 0 spiro atoms. The Hall–Kier alpha value is -0.450. The molecule has 0 saturated carbocycles. The van der Waals surface area contributed by atoms with E-state index in [1.165, 1.54) is 12.5 Å². The molecule has 1 aliphatic heterocycles. The lowest BCUT2D eigenvalue weighted by Gasteiger charge is -2.31. The topological polar surface area (TPSA) is 29.3 Å². The Kier molecular flexibility index (Phi) is 5.21. The lowest BCUT2D eigenvalue weighted by Crippen LogP contribution is -2.35. The molecule has 0 aromatic heterocycles. The molecule has 0 bridgehead atoms. The number of halogens is 2. The van der Waals surface area contributed by atoms with Crippen LogP contribution in [0.25, 0.3) is 0 Å². The summed E-state index contributed by atoms with van der Waals surface area (Å²) in [6.45, 7) is 7.06. The highest BCUT2D eigenvalue weighted by molar-refractivity contribution is 9.10. The van der Waals surface area contributed by atoms with E-state index >= 15 is 0 Å². The fraction of sp³-hybridized carbons (Fsp3) is 0.625. The SMILES string of the molecule is CC1(C)CCCN(C(CN)c2cc(Br)ccc2F)CC1. The van der Waals surface area contributed by atoms with Crippen LogP contribution in [0.4, 0.5) is 4.39 Å². The van der Waals surface area contributed by atoms with Crippen molar-refractivity contribution in [1.82, 2.24) is 4.90 Å². The molecule has 2 rings (SSSR count). The summed E-state index contributed by atoms with van der Waals surface area (Å²) in [5.74, 6) is -0.160. The van der Waals surface area contributed by atoms with Gasteiger partial charge in [0.05, 0.1) is 0 Å². The second kappa shape index (κ2) is 6.54. The van der Waals surface area contributed by atoms with Crippen molar-refractivity contribution in [3.05, 3.63) is 34.1 Å². The number of likely N-dealkylation sites (tertiary alicyclic amines) is 1. The third kappa shape index (κ3) is 3.80. The largest absolute Gasteiger partial charge is 0.329 e. The van der Waals surface area contributed by atoms with E-state index in [9.17, 15) is 4.39 Å². The molecule has 2 N–H and O–H groups in total. The number of benzene rings is 1. The lowest BCUT2D eigenvalue weighted by molar-refractivity contribution is 0.196. The van der Waals surface area contributed by atoms with Crippen LogP contribution in [-0.4, -0.2) is 24.5 Å². The van der Waals surface area contributed by atoms with Crippen LogP contribution in [0.15, 0.2) is 22.7 Å². The van der Waals surface area contributed by atoms with E-state index in [-0.39, 0.29) is 11.9 Å². The Morgan fingerprint density at radius 1 is 1.35 bits per heavy atom. The molecule has 0 amide bonds. The predicted octanol–water partition coefficient (Wildman–Crippen LogP) is 4.10. The van der Waals surface area contributed by atoms with Crippen LogP contribution in [-0.2, 0) is 0 Å². The van der Waals surface area contributed by atoms with Crippen LogP contribution in [0.1, 0.15) is 44.7 Å². The Labute approximate surface area is 129 Å². The summed E-state index contributed by atoms with van der Waals surface area (Å²) in [5, 5.41) is 0. The minimum absolute atomic E-state index is 0.0265. The van der Waals surface area contributed by atoms with E-state index in [0.717, 1.165) is 30.4 Å². The Bertz CT molecular complexity index is 462. The molecule has 112 valence electrons. The van der Waals surface area contributed by atoms with Gasteiger partial charge in [0.1, 0.15) is 5.82 Å². The molecule has 1 aromatic rings. The molecule has 1 aromatic carbocycles. The Balaban J connectivity index is 2.21. The van der Waals surface area contributed by atoms with Gasteiger partial charge in [-0.15, -0.1) is 0 Å². The molecule has 0 aliphatic carbocycles. The van der Waals surface area contributed by atoms with E-state index in [1.54, 1.807) is 6.07 Å². The number of nitrogens with zero attached hydrogens (tertiary/aromatic N) is 1. The number of rotatable bonds is 3. The van der Waals surface area contributed by atoms with Crippen molar-refractivity contribution in [2.75, 3.05) is 19.6 Å². The summed E-state index contributed by atoms with van der Waals surface area (Å²) in [6.07, 6.45) is 3.51. The average Bonchev–Trinajstić information content (AvgIpc) is 2.56. The smallest absolute Gasteiger partial charge is 0.128 e. The van der Waals surface area contributed by atoms with Crippen molar-refractivity contribution in [1.29, 1.82) is 0 Å². The van der Waals surface area contributed by atoms with Crippen molar-refractivity contribution >= 4 is 15.9 Å². The first kappa shape index (κ1) is 15.9. The van der Waals surface area contributed by atoms with E-state index in [4.69, 9.17) is 5.73 Å². The van der Waals surface area contributed by atoms with Crippen molar-refractivity contribution < 1.29 is 4.39 Å². The van der Waals surface area contributed by atoms with Gasteiger partial charge in [-0.1, -0.05) is 29.8 Å². The molecular formula is C16H24BrFN2. The molecule has 0 radical (unpaired) electrons. The molecule has 4 heteroatoms. The molecule has 2 nitrogen and oxygen atoms in total. The van der Waals surface area contributed by atoms with Crippen LogP contribution in [0.2, 0.25) is 0 Å². The zero-order valence-electron chi connectivity index (χ0n) is 12.3. The molecule has 1 aliphatic rings. The third-order valence-corrected chi connectivity index (χ3v) is 4.85. The second-order valence-corrected chi connectivity index (χ2v) is 7.39. The fourth-order valence-electron chi connectivity index (χ4n) is 3.00. The lowest BCUT2D eigenvalue weighted by atomic mass is 9.85. The van der Waals surface area contributed by atoms with Crippen LogP contribution in [0.5, 0.6) is 0 Å². The average molecular weight is 343 g/mol. The van der Waals surface area contributed by atoms with Crippen molar-refractivity contribution in [2.24, 2.45) is 11.1 Å². The van der Waals surface area contributed by atoms with Gasteiger partial charge in [0.2, 0.25) is 0 Å². The van der Waals surface area contributed by atoms with Crippen LogP contribution < -0.4 is 5.73 Å². The monoisotopic (exact) mass is 342 g/mol. The van der Waals surface area contributed by atoms with Crippen LogP contribution in [0.3, 0.4) is 0 Å². The Morgan fingerprint density at radius 2 is 2.10 bits per heavy atom. The van der Waals surface area contributed by atoms with Gasteiger partial charge in [-0.05, 0) is 56.0 Å². The molecule has 1 atom stereocenters. The Morgan fingerprint density at radius 3 is 2.80 bits per heavy atom. The third-order valence-electron chi connectivity index (χ3n) is 4.36. The van der Waals surface area contributed by atoms with Gasteiger partial charge in [-0.25, -0.2) is 4.39 Å². The zero-order chi connectivity index (χ0) is 14.8. The minimum atomic E-state index is -0.160. The van der Waals surface area contributed by atoms with Crippen LogP contribution >= 0.6 is 15.9 Å². The van der Waals surface area contributed by atoms with Gasteiger partial charge >= 0.3 is 0 Å². The fourth-order valence-corrected chi connectivity index (χ4v) is 3.38. The van der Waals surface area contributed by atoms with Gasteiger partial charge in [-0.3, -0.25) is 4.90 Å². The number of nitrogens with two attached hydrogens (primary N) is 1.